The highest BCUT2D eigenvalue weighted by Gasteiger charge is 2.16. The molecule has 9 heteroatoms. The summed E-state index contributed by atoms with van der Waals surface area (Å²) in [5.41, 5.74) is 0. The second-order valence-corrected chi connectivity index (χ2v) is 6.33. The van der Waals surface area contributed by atoms with Crippen molar-refractivity contribution < 1.29 is 45.0 Å². The van der Waals surface area contributed by atoms with Crippen molar-refractivity contribution in [1.82, 2.24) is 0 Å². The molecule has 0 aromatic carbocycles. The molecule has 0 saturated carbocycles. The van der Waals surface area contributed by atoms with Crippen molar-refractivity contribution in [3.05, 3.63) is 38.0 Å². The first-order chi connectivity index (χ1) is 14.4. The molecule has 0 spiro atoms. The van der Waals surface area contributed by atoms with Crippen LogP contribution in [0.3, 0.4) is 0 Å². The van der Waals surface area contributed by atoms with E-state index in [0.29, 0.717) is 6.42 Å². The van der Waals surface area contributed by atoms with E-state index in [-0.39, 0.29) is 6.42 Å². The van der Waals surface area contributed by atoms with E-state index in [1.165, 1.54) is 44.9 Å². The van der Waals surface area contributed by atoms with E-state index >= 15 is 0 Å². The maximum Gasteiger partial charge on any atom is 0.327 e. The van der Waals surface area contributed by atoms with Crippen LogP contribution in [0.4, 0.5) is 0 Å². The predicted octanol–water partition coefficient (Wildman–Crippen LogP) is 3.70. The zero-order valence-electron chi connectivity index (χ0n) is 18.5. The normalized spacial score (nSPS) is 9.29. The molecule has 182 valence electrons. The standard InChI is InChI=1S/C13H28O3.3C3H4O2/c1-2-3-4-5-6-7-8-9-10-11-12-13(14,15)16;3*1-2-3(4)5/h14-16H,2-12H2,1H3;3*2H,1H2,(H,4,5). The summed E-state index contributed by atoms with van der Waals surface area (Å²) in [5.74, 6) is -5.40. The first-order valence-corrected chi connectivity index (χ1v) is 10.1. The summed E-state index contributed by atoms with van der Waals surface area (Å²) in [7, 11) is 0. The van der Waals surface area contributed by atoms with Crippen LogP contribution in [0, 0.1) is 0 Å². The fourth-order valence-electron chi connectivity index (χ4n) is 1.85. The van der Waals surface area contributed by atoms with Crippen LogP contribution >= 0.6 is 0 Å². The molecular formula is C22H40O9. The third-order valence-electron chi connectivity index (χ3n) is 3.39. The zero-order chi connectivity index (χ0) is 25.1. The molecule has 0 radical (unpaired) electrons. The molecule has 9 nitrogen and oxygen atoms in total. The SMILES string of the molecule is C=CC(=O)O.C=CC(=O)O.C=CC(=O)O.CCCCCCCCCCCCC(O)(O)O. The van der Waals surface area contributed by atoms with Gasteiger partial charge in [0.05, 0.1) is 0 Å². The maximum atomic E-state index is 9.25. The lowest BCUT2D eigenvalue weighted by Gasteiger charge is -2.12. The molecule has 6 N–H and O–H groups in total. The third kappa shape index (κ3) is 65.7. The first-order valence-electron chi connectivity index (χ1n) is 10.1. The molecule has 0 aromatic rings. The lowest BCUT2D eigenvalue weighted by atomic mass is 10.1. The average Bonchev–Trinajstić information content (AvgIpc) is 2.69. The van der Waals surface area contributed by atoms with Crippen molar-refractivity contribution in [2.75, 3.05) is 0 Å². The second-order valence-electron chi connectivity index (χ2n) is 6.33. The van der Waals surface area contributed by atoms with Crippen LogP contribution in [0.15, 0.2) is 38.0 Å². The smallest absolute Gasteiger partial charge is 0.327 e. The van der Waals surface area contributed by atoms with Crippen molar-refractivity contribution in [3.63, 3.8) is 0 Å². The summed E-state index contributed by atoms with van der Waals surface area (Å²) in [5, 5.41) is 48.8. The molecular weight excluding hydrogens is 408 g/mol. The van der Waals surface area contributed by atoms with Gasteiger partial charge in [0, 0.05) is 24.6 Å². The lowest BCUT2D eigenvalue weighted by molar-refractivity contribution is -0.315. The van der Waals surface area contributed by atoms with E-state index in [9.17, 15) is 14.4 Å². The monoisotopic (exact) mass is 448 g/mol. The molecule has 31 heavy (non-hydrogen) atoms. The Bertz CT molecular complexity index is 437. The molecule has 0 aromatic heterocycles. The summed E-state index contributed by atoms with van der Waals surface area (Å²) in [6.45, 7) is 11.1. The summed E-state index contributed by atoms with van der Waals surface area (Å²) >= 11 is 0. The van der Waals surface area contributed by atoms with Gasteiger partial charge in [-0.3, -0.25) is 0 Å². The number of hydrogen-bond donors (Lipinski definition) is 6. The zero-order valence-corrected chi connectivity index (χ0v) is 18.5. The number of aliphatic carboxylic acids is 3. The van der Waals surface area contributed by atoms with E-state index in [0.717, 1.165) is 31.1 Å². The van der Waals surface area contributed by atoms with Gasteiger partial charge >= 0.3 is 17.9 Å². The van der Waals surface area contributed by atoms with E-state index in [1.807, 2.05) is 0 Å². The topological polar surface area (TPSA) is 173 Å². The molecule has 0 aliphatic heterocycles. The molecule has 0 rings (SSSR count). The molecule has 0 atom stereocenters. The predicted molar refractivity (Wildman–Crippen MR) is 119 cm³/mol. The van der Waals surface area contributed by atoms with Gasteiger partial charge in [0.2, 0.25) is 0 Å². The Kier molecular flexibility index (Phi) is 31.9. The summed E-state index contributed by atoms with van der Waals surface area (Å²) < 4.78 is 0. The summed E-state index contributed by atoms with van der Waals surface area (Å²) in [6, 6.07) is 0. The Morgan fingerprint density at radius 3 is 1.03 bits per heavy atom. The minimum atomic E-state index is -2.46. The summed E-state index contributed by atoms with van der Waals surface area (Å²) in [4.78, 5) is 27.8. The maximum absolute atomic E-state index is 9.25. The Morgan fingerprint density at radius 2 is 0.839 bits per heavy atom. The van der Waals surface area contributed by atoms with Gasteiger partial charge in [0.1, 0.15) is 0 Å². The van der Waals surface area contributed by atoms with E-state index < -0.39 is 23.9 Å². The van der Waals surface area contributed by atoms with E-state index in [2.05, 4.69) is 26.7 Å². The lowest BCUT2D eigenvalue weighted by Crippen LogP contribution is -2.26. The van der Waals surface area contributed by atoms with Crippen molar-refractivity contribution in [1.29, 1.82) is 0 Å². The third-order valence-corrected chi connectivity index (χ3v) is 3.39. The summed E-state index contributed by atoms with van der Waals surface area (Å²) in [6.07, 6.45) is 14.5. The number of aliphatic hydroxyl groups is 3. The fourth-order valence-corrected chi connectivity index (χ4v) is 1.85. The molecule has 0 fully saturated rings. The van der Waals surface area contributed by atoms with Gasteiger partial charge in [-0.2, -0.15) is 0 Å². The van der Waals surface area contributed by atoms with Crippen molar-refractivity contribution in [2.45, 2.75) is 83.5 Å². The number of unbranched alkanes of at least 4 members (excludes halogenated alkanes) is 9. The number of carboxylic acid groups (broad SMARTS) is 3. The van der Waals surface area contributed by atoms with Gasteiger partial charge in [-0.1, -0.05) is 84.4 Å². The fraction of sp³-hybridized carbons (Fsp3) is 0.591. The van der Waals surface area contributed by atoms with Gasteiger partial charge in [0.25, 0.3) is 5.97 Å². The quantitative estimate of drug-likeness (QED) is 0.132. The van der Waals surface area contributed by atoms with E-state index in [4.69, 9.17) is 30.6 Å². The van der Waals surface area contributed by atoms with Gasteiger partial charge in [-0.25, -0.2) is 14.4 Å². The van der Waals surface area contributed by atoms with Crippen LogP contribution in [0.2, 0.25) is 0 Å². The highest BCUT2D eigenvalue weighted by Crippen LogP contribution is 2.13. The molecule has 0 saturated heterocycles. The molecule has 0 aliphatic rings. The van der Waals surface area contributed by atoms with Crippen LogP contribution in [-0.2, 0) is 14.4 Å². The van der Waals surface area contributed by atoms with Crippen molar-refractivity contribution in [2.24, 2.45) is 0 Å². The number of hydrogen-bond acceptors (Lipinski definition) is 6. The highest BCUT2D eigenvalue weighted by atomic mass is 16.7. The molecule has 0 bridgehead atoms. The van der Waals surface area contributed by atoms with Crippen molar-refractivity contribution >= 4 is 17.9 Å². The molecule has 0 aliphatic carbocycles. The number of rotatable bonds is 14. The first kappa shape index (κ1) is 35.9. The van der Waals surface area contributed by atoms with E-state index in [1.54, 1.807) is 0 Å². The van der Waals surface area contributed by atoms with Crippen LogP contribution in [0.25, 0.3) is 0 Å². The van der Waals surface area contributed by atoms with Crippen LogP contribution in [0.1, 0.15) is 77.6 Å². The van der Waals surface area contributed by atoms with Gasteiger partial charge < -0.3 is 30.6 Å². The number of carboxylic acids is 3. The second kappa shape index (κ2) is 27.5. The molecule has 0 heterocycles. The Hall–Kier alpha value is -2.49. The van der Waals surface area contributed by atoms with Gasteiger partial charge in [0.15, 0.2) is 0 Å². The minimum Gasteiger partial charge on any atom is -0.478 e. The Labute approximate surface area is 185 Å². The minimum absolute atomic E-state index is 0.0590. The number of carbonyl (C=O) groups is 3. The molecule has 0 amide bonds. The van der Waals surface area contributed by atoms with Gasteiger partial charge in [-0.15, -0.1) is 0 Å². The Morgan fingerprint density at radius 1 is 0.613 bits per heavy atom. The largest absolute Gasteiger partial charge is 0.478 e. The highest BCUT2D eigenvalue weighted by molar-refractivity contribution is 5.79. The van der Waals surface area contributed by atoms with Crippen LogP contribution in [-0.4, -0.2) is 54.5 Å². The van der Waals surface area contributed by atoms with Crippen LogP contribution < -0.4 is 0 Å². The average molecular weight is 449 g/mol. The van der Waals surface area contributed by atoms with Crippen molar-refractivity contribution in [3.8, 4) is 0 Å². The van der Waals surface area contributed by atoms with Crippen LogP contribution in [0.5, 0.6) is 0 Å². The van der Waals surface area contributed by atoms with Gasteiger partial charge in [-0.05, 0) is 6.42 Å². The Balaban J connectivity index is -0.000000197. The molecule has 0 unspecified atom stereocenters.